The third-order valence-electron chi connectivity index (χ3n) is 2.76. The van der Waals surface area contributed by atoms with E-state index < -0.39 is 0 Å². The molecule has 0 spiro atoms. The van der Waals surface area contributed by atoms with Gasteiger partial charge in [-0.15, -0.1) is 0 Å². The highest BCUT2D eigenvalue weighted by molar-refractivity contribution is 9.10. The van der Waals surface area contributed by atoms with E-state index >= 15 is 0 Å². The maximum Gasteiger partial charge on any atom is 0.292 e. The number of anilines is 1. The predicted octanol–water partition coefficient (Wildman–Crippen LogP) is 4.28. The second kappa shape index (κ2) is 5.84. The van der Waals surface area contributed by atoms with Crippen LogP contribution in [0.2, 0.25) is 0 Å². The quantitative estimate of drug-likeness (QED) is 0.675. The molecule has 0 aromatic heterocycles. The van der Waals surface area contributed by atoms with Gasteiger partial charge in [-0.3, -0.25) is 10.1 Å². The van der Waals surface area contributed by atoms with Crippen LogP contribution in [0.5, 0.6) is 0 Å². The Balaban J connectivity index is 2.16. The molecule has 0 saturated heterocycles. The lowest BCUT2D eigenvalue weighted by molar-refractivity contribution is -0.384. The number of halogens is 1. The average molecular weight is 321 g/mol. The van der Waals surface area contributed by atoms with Crippen LogP contribution in [0.15, 0.2) is 46.9 Å². The van der Waals surface area contributed by atoms with Crippen LogP contribution in [0.3, 0.4) is 0 Å². The first-order chi connectivity index (χ1) is 9.06. The highest BCUT2D eigenvalue weighted by Crippen LogP contribution is 2.28. The summed E-state index contributed by atoms with van der Waals surface area (Å²) in [4.78, 5) is 10.6. The zero-order valence-electron chi connectivity index (χ0n) is 10.4. The largest absolute Gasteiger partial charge is 0.375 e. The first kappa shape index (κ1) is 13.5. The summed E-state index contributed by atoms with van der Waals surface area (Å²) in [7, 11) is 0. The van der Waals surface area contributed by atoms with E-state index in [0.29, 0.717) is 12.2 Å². The molecule has 0 heterocycles. The summed E-state index contributed by atoms with van der Waals surface area (Å²) in [6.07, 6.45) is 0. The Morgan fingerprint density at radius 3 is 2.53 bits per heavy atom. The lowest BCUT2D eigenvalue weighted by Crippen LogP contribution is -2.02. The van der Waals surface area contributed by atoms with Gasteiger partial charge in [0.1, 0.15) is 5.69 Å². The van der Waals surface area contributed by atoms with E-state index in [9.17, 15) is 10.1 Å². The molecule has 1 N–H and O–H groups in total. The van der Waals surface area contributed by atoms with Crippen molar-refractivity contribution in [2.24, 2.45) is 0 Å². The zero-order valence-corrected chi connectivity index (χ0v) is 12.0. The highest BCUT2D eigenvalue weighted by Gasteiger charge is 2.13. The van der Waals surface area contributed by atoms with Crippen molar-refractivity contribution in [1.82, 2.24) is 0 Å². The number of nitro groups is 1. The van der Waals surface area contributed by atoms with Gasteiger partial charge in [0, 0.05) is 17.1 Å². The minimum atomic E-state index is -0.385. The van der Waals surface area contributed by atoms with Gasteiger partial charge in [-0.1, -0.05) is 45.8 Å². The van der Waals surface area contributed by atoms with Gasteiger partial charge < -0.3 is 5.32 Å². The minimum absolute atomic E-state index is 0.0790. The zero-order chi connectivity index (χ0) is 13.8. The molecule has 4 nitrogen and oxygen atoms in total. The summed E-state index contributed by atoms with van der Waals surface area (Å²) < 4.78 is 0.810. The number of rotatable bonds is 4. The van der Waals surface area contributed by atoms with Crippen molar-refractivity contribution in [3.8, 4) is 0 Å². The molecule has 5 heteroatoms. The highest BCUT2D eigenvalue weighted by atomic mass is 79.9. The third-order valence-corrected chi connectivity index (χ3v) is 3.25. The van der Waals surface area contributed by atoms with Crippen molar-refractivity contribution in [3.63, 3.8) is 0 Å². The molecule has 0 atom stereocenters. The van der Waals surface area contributed by atoms with Gasteiger partial charge in [0.05, 0.1) is 4.92 Å². The van der Waals surface area contributed by atoms with Gasteiger partial charge in [0.25, 0.3) is 5.69 Å². The van der Waals surface area contributed by atoms with E-state index in [4.69, 9.17) is 0 Å². The fourth-order valence-corrected chi connectivity index (χ4v) is 2.07. The summed E-state index contributed by atoms with van der Waals surface area (Å²) in [5.41, 5.74) is 2.87. The van der Waals surface area contributed by atoms with Gasteiger partial charge in [-0.25, -0.2) is 0 Å². The van der Waals surface area contributed by atoms with Crippen molar-refractivity contribution >= 4 is 27.3 Å². The van der Waals surface area contributed by atoms with Gasteiger partial charge in [-0.05, 0) is 24.6 Å². The topological polar surface area (TPSA) is 55.2 Å². The number of hydrogen-bond acceptors (Lipinski definition) is 3. The Bertz CT molecular complexity index is 597. The molecule has 2 rings (SSSR count). The second-order valence-electron chi connectivity index (χ2n) is 4.26. The van der Waals surface area contributed by atoms with Crippen molar-refractivity contribution in [1.29, 1.82) is 0 Å². The maximum absolute atomic E-state index is 10.9. The summed E-state index contributed by atoms with van der Waals surface area (Å²) >= 11 is 3.32. The first-order valence-electron chi connectivity index (χ1n) is 5.79. The number of nitro benzene ring substituents is 1. The van der Waals surface area contributed by atoms with E-state index in [1.165, 1.54) is 11.6 Å². The molecule has 2 aromatic carbocycles. The summed E-state index contributed by atoms with van der Waals surface area (Å²) in [5, 5.41) is 14.0. The maximum atomic E-state index is 10.9. The molecule has 0 aliphatic rings. The Hall–Kier alpha value is -1.88. The molecule has 0 bridgehead atoms. The second-order valence-corrected chi connectivity index (χ2v) is 5.17. The molecular weight excluding hydrogens is 308 g/mol. The van der Waals surface area contributed by atoms with Gasteiger partial charge in [0.15, 0.2) is 0 Å². The van der Waals surface area contributed by atoms with Crippen LogP contribution in [0.1, 0.15) is 11.1 Å². The smallest absolute Gasteiger partial charge is 0.292 e. The van der Waals surface area contributed by atoms with Gasteiger partial charge >= 0.3 is 0 Å². The SMILES string of the molecule is Cc1ccc(CNc2cc(Br)ccc2[N+](=O)[O-])cc1. The fraction of sp³-hybridized carbons (Fsp3) is 0.143. The third kappa shape index (κ3) is 3.54. The Morgan fingerprint density at radius 2 is 1.89 bits per heavy atom. The van der Waals surface area contributed by atoms with E-state index in [0.717, 1.165) is 10.0 Å². The summed E-state index contributed by atoms with van der Waals surface area (Å²) in [6, 6.07) is 12.9. The number of aryl methyl sites for hydroxylation is 1. The molecule has 19 heavy (non-hydrogen) atoms. The van der Waals surface area contributed by atoms with Crippen LogP contribution in [0.25, 0.3) is 0 Å². The number of hydrogen-bond donors (Lipinski definition) is 1. The molecule has 0 fully saturated rings. The van der Waals surface area contributed by atoms with Crippen molar-refractivity contribution in [2.75, 3.05) is 5.32 Å². The molecule has 0 aliphatic carbocycles. The average Bonchev–Trinajstić information content (AvgIpc) is 2.38. The predicted molar refractivity (Wildman–Crippen MR) is 79.3 cm³/mol. The summed E-state index contributed by atoms with van der Waals surface area (Å²) in [5.74, 6) is 0. The van der Waals surface area contributed by atoms with Crippen molar-refractivity contribution in [3.05, 3.63) is 68.2 Å². The fourth-order valence-electron chi connectivity index (χ4n) is 1.71. The van der Waals surface area contributed by atoms with Crippen LogP contribution in [0.4, 0.5) is 11.4 Å². The number of nitrogens with one attached hydrogen (secondary N) is 1. The molecule has 0 unspecified atom stereocenters. The minimum Gasteiger partial charge on any atom is -0.375 e. The molecule has 2 aromatic rings. The van der Waals surface area contributed by atoms with Crippen LogP contribution in [0, 0.1) is 17.0 Å². The number of benzene rings is 2. The van der Waals surface area contributed by atoms with E-state index in [1.807, 2.05) is 31.2 Å². The Labute approximate surface area is 119 Å². The van der Waals surface area contributed by atoms with Crippen molar-refractivity contribution in [2.45, 2.75) is 13.5 Å². The van der Waals surface area contributed by atoms with Crippen LogP contribution >= 0.6 is 15.9 Å². The monoisotopic (exact) mass is 320 g/mol. The molecule has 0 radical (unpaired) electrons. The van der Waals surface area contributed by atoms with Crippen LogP contribution < -0.4 is 5.32 Å². The van der Waals surface area contributed by atoms with E-state index in [1.54, 1.807) is 12.1 Å². The Morgan fingerprint density at radius 1 is 1.21 bits per heavy atom. The molecule has 0 amide bonds. The van der Waals surface area contributed by atoms with Crippen LogP contribution in [-0.4, -0.2) is 4.92 Å². The lowest BCUT2D eigenvalue weighted by Gasteiger charge is -2.08. The van der Waals surface area contributed by atoms with E-state index in [2.05, 4.69) is 21.2 Å². The number of nitrogens with zero attached hydrogens (tertiary/aromatic N) is 1. The summed E-state index contributed by atoms with van der Waals surface area (Å²) in [6.45, 7) is 2.58. The normalized spacial score (nSPS) is 10.2. The standard InChI is InChI=1S/C14H13BrN2O2/c1-10-2-4-11(5-3-10)9-16-13-8-12(15)6-7-14(13)17(18)19/h2-8,16H,9H2,1H3. The molecule has 98 valence electrons. The van der Waals surface area contributed by atoms with Crippen LogP contribution in [-0.2, 0) is 6.54 Å². The van der Waals surface area contributed by atoms with Crippen molar-refractivity contribution < 1.29 is 4.92 Å². The Kier molecular flexibility index (Phi) is 4.16. The van der Waals surface area contributed by atoms with Gasteiger partial charge in [-0.2, -0.15) is 0 Å². The molecular formula is C14H13BrN2O2. The van der Waals surface area contributed by atoms with E-state index in [-0.39, 0.29) is 10.6 Å². The first-order valence-corrected chi connectivity index (χ1v) is 6.59. The molecule has 0 saturated carbocycles. The lowest BCUT2D eigenvalue weighted by atomic mass is 10.1. The molecule has 0 aliphatic heterocycles. The van der Waals surface area contributed by atoms with Gasteiger partial charge in [0.2, 0.25) is 0 Å².